The Kier molecular flexibility index (Phi) is 4.56. The van der Waals surface area contributed by atoms with Crippen molar-refractivity contribution in [1.29, 1.82) is 0 Å². The van der Waals surface area contributed by atoms with Crippen LogP contribution in [0.5, 0.6) is 0 Å². The molecule has 2 aromatic heterocycles. The Bertz CT molecular complexity index is 979. The van der Waals surface area contributed by atoms with E-state index in [4.69, 9.17) is 5.73 Å². The van der Waals surface area contributed by atoms with Gasteiger partial charge < -0.3 is 16.4 Å². The highest BCUT2D eigenvalue weighted by atomic mass is 16.2. The van der Waals surface area contributed by atoms with Gasteiger partial charge in [0.2, 0.25) is 0 Å². The van der Waals surface area contributed by atoms with Crippen LogP contribution in [-0.2, 0) is 0 Å². The summed E-state index contributed by atoms with van der Waals surface area (Å²) in [7, 11) is 0. The van der Waals surface area contributed by atoms with Crippen LogP contribution < -0.4 is 21.9 Å². The molecule has 1 saturated carbocycles. The van der Waals surface area contributed by atoms with Crippen molar-refractivity contribution in [3.8, 4) is 0 Å². The van der Waals surface area contributed by atoms with Gasteiger partial charge in [0.05, 0.1) is 0 Å². The predicted molar refractivity (Wildman–Crippen MR) is 107 cm³/mol. The van der Waals surface area contributed by atoms with E-state index in [1.165, 1.54) is 32.0 Å². The third kappa shape index (κ3) is 3.34. The quantitative estimate of drug-likeness (QED) is 0.678. The second kappa shape index (κ2) is 6.92. The highest BCUT2D eigenvalue weighted by Gasteiger charge is 2.42. The summed E-state index contributed by atoms with van der Waals surface area (Å²) in [5.41, 5.74) is 7.44. The summed E-state index contributed by atoms with van der Waals surface area (Å²) in [4.78, 5) is 33.6. The van der Waals surface area contributed by atoms with E-state index >= 15 is 0 Å². The third-order valence-electron chi connectivity index (χ3n) is 5.89. The van der Waals surface area contributed by atoms with E-state index in [-0.39, 0.29) is 17.6 Å². The number of aromatic nitrogens is 3. The zero-order valence-electron chi connectivity index (χ0n) is 16.3. The maximum atomic E-state index is 13.2. The maximum absolute atomic E-state index is 13.2. The third-order valence-corrected chi connectivity index (χ3v) is 5.89. The fourth-order valence-electron chi connectivity index (χ4n) is 4.28. The molecule has 28 heavy (non-hydrogen) atoms. The first-order valence-corrected chi connectivity index (χ1v) is 9.84. The van der Waals surface area contributed by atoms with Crippen LogP contribution in [-0.4, -0.2) is 20.4 Å². The number of carbonyl (C=O) groups is 1. The minimum atomic E-state index is -0.305. The minimum absolute atomic E-state index is 0.183. The number of nitrogen functional groups attached to an aromatic ring is 1. The molecule has 1 aliphatic carbocycles. The van der Waals surface area contributed by atoms with Gasteiger partial charge in [-0.1, -0.05) is 13.3 Å². The molecular formula is C20H26N6O2. The molecule has 0 radical (unpaired) electrons. The number of hydrogen-bond donors (Lipinski definition) is 3. The first kappa shape index (κ1) is 18.5. The summed E-state index contributed by atoms with van der Waals surface area (Å²) < 4.78 is 1.60. The Balaban J connectivity index is 1.63. The number of fused-ring (bicyclic) bond motifs is 1. The lowest BCUT2D eigenvalue weighted by molar-refractivity contribution is 0.0952. The SMILES string of the molecule is CCCC1(CCC2NC(=O)c3c(C)cc(Nc4cc(N)ncn4)c(=O)n32)CC1. The first-order chi connectivity index (χ1) is 13.4. The zero-order chi connectivity index (χ0) is 19.9. The van der Waals surface area contributed by atoms with Gasteiger partial charge in [0.1, 0.15) is 35.5 Å². The summed E-state index contributed by atoms with van der Waals surface area (Å²) in [6, 6.07) is 3.25. The van der Waals surface area contributed by atoms with Gasteiger partial charge in [0.25, 0.3) is 11.5 Å². The van der Waals surface area contributed by atoms with Crippen molar-refractivity contribution in [2.75, 3.05) is 11.1 Å². The van der Waals surface area contributed by atoms with Crippen molar-refractivity contribution in [2.45, 2.75) is 58.5 Å². The van der Waals surface area contributed by atoms with E-state index in [0.29, 0.717) is 28.4 Å². The van der Waals surface area contributed by atoms with Gasteiger partial charge >= 0.3 is 0 Å². The molecule has 1 unspecified atom stereocenters. The van der Waals surface area contributed by atoms with Crippen molar-refractivity contribution in [3.05, 3.63) is 40.1 Å². The minimum Gasteiger partial charge on any atom is -0.384 e. The number of nitrogens with one attached hydrogen (secondary N) is 2. The Hall–Kier alpha value is -2.90. The average molecular weight is 382 g/mol. The van der Waals surface area contributed by atoms with Crippen molar-refractivity contribution in [3.63, 3.8) is 0 Å². The Morgan fingerprint density at radius 3 is 2.75 bits per heavy atom. The van der Waals surface area contributed by atoms with Crippen LogP contribution in [0.3, 0.4) is 0 Å². The molecule has 3 heterocycles. The van der Waals surface area contributed by atoms with E-state index in [9.17, 15) is 9.59 Å². The van der Waals surface area contributed by atoms with Gasteiger partial charge in [0, 0.05) is 6.07 Å². The summed E-state index contributed by atoms with van der Waals surface area (Å²) >= 11 is 0. The molecule has 148 valence electrons. The molecule has 0 aromatic carbocycles. The van der Waals surface area contributed by atoms with Crippen LogP contribution in [0.4, 0.5) is 17.3 Å². The van der Waals surface area contributed by atoms with E-state index < -0.39 is 0 Å². The second-order valence-corrected chi connectivity index (χ2v) is 8.00. The maximum Gasteiger partial charge on any atom is 0.276 e. The Labute approximate surface area is 163 Å². The number of anilines is 3. The first-order valence-electron chi connectivity index (χ1n) is 9.84. The highest BCUT2D eigenvalue weighted by Crippen LogP contribution is 2.54. The molecule has 4 N–H and O–H groups in total. The summed E-state index contributed by atoms with van der Waals surface area (Å²) in [5, 5.41) is 6.01. The molecule has 2 aliphatic rings. The number of amides is 1. The molecule has 8 heteroatoms. The molecule has 8 nitrogen and oxygen atoms in total. The number of pyridine rings is 1. The largest absolute Gasteiger partial charge is 0.384 e. The molecule has 0 spiro atoms. The van der Waals surface area contributed by atoms with Gasteiger partial charge in [-0.3, -0.25) is 14.2 Å². The van der Waals surface area contributed by atoms with E-state index in [0.717, 1.165) is 18.4 Å². The Morgan fingerprint density at radius 2 is 2.07 bits per heavy atom. The van der Waals surface area contributed by atoms with Gasteiger partial charge in [-0.2, -0.15) is 0 Å². The number of rotatable bonds is 7. The van der Waals surface area contributed by atoms with Crippen molar-refractivity contribution < 1.29 is 4.79 Å². The standard InChI is InChI=1S/C20H26N6O2/c1-3-5-20(7-8-20)6-4-16-25-18(27)17-12(2)9-13(19(28)26(16)17)24-15-10-14(21)22-11-23-15/h9-11,16H,3-8H2,1-2H3,(H,25,27)(H3,21,22,23,24). The smallest absolute Gasteiger partial charge is 0.276 e. The molecule has 4 rings (SSSR count). The molecule has 1 aliphatic heterocycles. The van der Waals surface area contributed by atoms with Crippen LogP contribution in [0.2, 0.25) is 0 Å². The molecule has 0 saturated heterocycles. The van der Waals surface area contributed by atoms with Gasteiger partial charge in [0.15, 0.2) is 0 Å². The second-order valence-electron chi connectivity index (χ2n) is 8.00. The molecule has 1 amide bonds. The number of carbonyl (C=O) groups excluding carboxylic acids is 1. The molecule has 1 fully saturated rings. The zero-order valence-corrected chi connectivity index (χ0v) is 16.3. The van der Waals surface area contributed by atoms with E-state index in [1.807, 2.05) is 6.92 Å². The van der Waals surface area contributed by atoms with Crippen molar-refractivity contribution in [1.82, 2.24) is 19.9 Å². The van der Waals surface area contributed by atoms with Gasteiger partial charge in [-0.15, -0.1) is 0 Å². The van der Waals surface area contributed by atoms with Gasteiger partial charge in [-0.05, 0) is 56.1 Å². The number of hydrogen-bond acceptors (Lipinski definition) is 6. The monoisotopic (exact) mass is 382 g/mol. The highest BCUT2D eigenvalue weighted by molar-refractivity contribution is 5.96. The lowest BCUT2D eigenvalue weighted by Gasteiger charge is -2.20. The van der Waals surface area contributed by atoms with Crippen LogP contribution in [0.25, 0.3) is 0 Å². The predicted octanol–water partition coefficient (Wildman–Crippen LogP) is 2.88. The fourth-order valence-corrected chi connectivity index (χ4v) is 4.28. The summed E-state index contributed by atoms with van der Waals surface area (Å²) in [6.07, 6.45) is 7.71. The van der Waals surface area contributed by atoms with Crippen molar-refractivity contribution in [2.24, 2.45) is 5.41 Å². The molecular weight excluding hydrogens is 356 g/mol. The van der Waals surface area contributed by atoms with Gasteiger partial charge in [-0.25, -0.2) is 9.97 Å². The molecule has 0 bridgehead atoms. The van der Waals surface area contributed by atoms with Crippen LogP contribution in [0, 0.1) is 12.3 Å². The number of nitrogens with two attached hydrogens (primary N) is 1. The fraction of sp³-hybridized carbons (Fsp3) is 0.500. The lowest BCUT2D eigenvalue weighted by Crippen LogP contribution is -2.29. The Morgan fingerprint density at radius 1 is 1.29 bits per heavy atom. The van der Waals surface area contributed by atoms with Crippen LogP contribution in [0.1, 0.15) is 67.7 Å². The number of aryl methyl sites for hydroxylation is 1. The summed E-state index contributed by atoms with van der Waals surface area (Å²) in [6.45, 7) is 4.05. The van der Waals surface area contributed by atoms with Crippen LogP contribution in [0.15, 0.2) is 23.3 Å². The lowest BCUT2D eigenvalue weighted by atomic mass is 9.94. The molecule has 1 atom stereocenters. The average Bonchev–Trinajstić information content (AvgIpc) is 3.32. The molecule has 2 aromatic rings. The van der Waals surface area contributed by atoms with Crippen molar-refractivity contribution >= 4 is 23.2 Å². The summed E-state index contributed by atoms with van der Waals surface area (Å²) in [5.74, 6) is 0.576. The van der Waals surface area contributed by atoms with E-state index in [1.54, 1.807) is 16.7 Å². The topological polar surface area (TPSA) is 115 Å². The van der Waals surface area contributed by atoms with Crippen LogP contribution >= 0.6 is 0 Å². The normalized spacial score (nSPS) is 19.2. The number of nitrogens with zero attached hydrogens (tertiary/aromatic N) is 3. The van der Waals surface area contributed by atoms with E-state index in [2.05, 4.69) is 27.5 Å².